The molecule has 0 saturated heterocycles. The summed E-state index contributed by atoms with van der Waals surface area (Å²) in [7, 11) is 0. The van der Waals surface area contributed by atoms with Crippen molar-refractivity contribution in [3.8, 4) is 5.75 Å². The van der Waals surface area contributed by atoms with E-state index in [2.05, 4.69) is 10.3 Å². The molecule has 3 N–H and O–H groups in total. The first-order valence-corrected chi connectivity index (χ1v) is 5.81. The lowest BCUT2D eigenvalue weighted by Gasteiger charge is -2.28. The van der Waals surface area contributed by atoms with Gasteiger partial charge in [0.05, 0.1) is 18.0 Å². The molecule has 0 aromatic carbocycles. The van der Waals surface area contributed by atoms with Crippen molar-refractivity contribution in [2.24, 2.45) is 0 Å². The first-order chi connectivity index (χ1) is 7.75. The van der Waals surface area contributed by atoms with E-state index in [1.807, 2.05) is 0 Å². The molecule has 1 aliphatic rings. The van der Waals surface area contributed by atoms with Crippen LogP contribution in [0.15, 0.2) is 18.3 Å². The van der Waals surface area contributed by atoms with Crippen molar-refractivity contribution in [2.75, 3.05) is 0 Å². The summed E-state index contributed by atoms with van der Waals surface area (Å²) in [5, 5.41) is 22.2. The second kappa shape index (κ2) is 5.27. The molecule has 0 bridgehead atoms. The van der Waals surface area contributed by atoms with Crippen LogP contribution in [0.1, 0.15) is 31.4 Å². The average Bonchev–Trinajstić information content (AvgIpc) is 2.30. The Bertz CT molecular complexity index is 326. The van der Waals surface area contributed by atoms with Crippen molar-refractivity contribution in [3.63, 3.8) is 0 Å². The molecule has 4 nitrogen and oxygen atoms in total. The highest BCUT2D eigenvalue weighted by Gasteiger charge is 2.22. The summed E-state index contributed by atoms with van der Waals surface area (Å²) in [6.45, 7) is 0.641. The maximum Gasteiger partial charge on any atom is 0.133 e. The van der Waals surface area contributed by atoms with Crippen LogP contribution in [0.2, 0.25) is 0 Å². The average molecular weight is 222 g/mol. The van der Waals surface area contributed by atoms with Gasteiger partial charge in [-0.05, 0) is 25.0 Å². The van der Waals surface area contributed by atoms with E-state index in [0.717, 1.165) is 25.0 Å². The largest absolute Gasteiger partial charge is 0.506 e. The SMILES string of the molecule is Oc1ccc(CNC2CCCCC2O)nc1. The third-order valence-corrected chi connectivity index (χ3v) is 3.08. The zero-order chi connectivity index (χ0) is 11.4. The van der Waals surface area contributed by atoms with Crippen molar-refractivity contribution in [3.05, 3.63) is 24.0 Å². The van der Waals surface area contributed by atoms with Crippen molar-refractivity contribution in [1.82, 2.24) is 10.3 Å². The fourth-order valence-electron chi connectivity index (χ4n) is 2.11. The molecular formula is C12H18N2O2. The lowest BCUT2D eigenvalue weighted by molar-refractivity contribution is 0.0901. The van der Waals surface area contributed by atoms with Crippen LogP contribution in [0, 0.1) is 0 Å². The molecule has 1 aromatic heterocycles. The summed E-state index contributed by atoms with van der Waals surface area (Å²) in [5.41, 5.74) is 0.885. The van der Waals surface area contributed by atoms with E-state index < -0.39 is 0 Å². The molecule has 88 valence electrons. The maximum absolute atomic E-state index is 9.77. The molecule has 1 heterocycles. The molecule has 0 aliphatic heterocycles. The van der Waals surface area contributed by atoms with E-state index in [0.29, 0.717) is 6.54 Å². The highest BCUT2D eigenvalue weighted by atomic mass is 16.3. The third-order valence-electron chi connectivity index (χ3n) is 3.08. The molecule has 2 unspecified atom stereocenters. The molecular weight excluding hydrogens is 204 g/mol. The minimum atomic E-state index is -0.231. The summed E-state index contributed by atoms with van der Waals surface area (Å²) >= 11 is 0. The molecule has 1 aliphatic carbocycles. The highest BCUT2D eigenvalue weighted by Crippen LogP contribution is 2.18. The normalized spacial score (nSPS) is 25.6. The van der Waals surface area contributed by atoms with Gasteiger partial charge in [0.1, 0.15) is 5.75 Å². The fraction of sp³-hybridized carbons (Fsp3) is 0.583. The lowest BCUT2D eigenvalue weighted by atomic mass is 9.92. The minimum Gasteiger partial charge on any atom is -0.506 e. The monoisotopic (exact) mass is 222 g/mol. The molecule has 1 saturated carbocycles. The smallest absolute Gasteiger partial charge is 0.133 e. The van der Waals surface area contributed by atoms with Crippen LogP contribution in [0.25, 0.3) is 0 Å². The van der Waals surface area contributed by atoms with Crippen molar-refractivity contribution < 1.29 is 10.2 Å². The van der Waals surface area contributed by atoms with E-state index in [9.17, 15) is 5.11 Å². The van der Waals surface area contributed by atoms with Gasteiger partial charge >= 0.3 is 0 Å². The topological polar surface area (TPSA) is 65.4 Å². The fourth-order valence-corrected chi connectivity index (χ4v) is 2.11. The summed E-state index contributed by atoms with van der Waals surface area (Å²) < 4.78 is 0. The van der Waals surface area contributed by atoms with Crippen LogP contribution in [-0.4, -0.2) is 27.3 Å². The standard InChI is InChI=1S/C12H18N2O2/c15-10-6-5-9(13-8-10)7-14-11-3-1-2-4-12(11)16/h5-6,8,11-12,14-16H,1-4,7H2. The molecule has 0 amide bonds. The number of rotatable bonds is 3. The van der Waals surface area contributed by atoms with Crippen LogP contribution in [-0.2, 0) is 6.54 Å². The Morgan fingerprint density at radius 3 is 2.81 bits per heavy atom. The molecule has 4 heteroatoms. The van der Waals surface area contributed by atoms with Gasteiger partial charge in [-0.1, -0.05) is 12.8 Å². The van der Waals surface area contributed by atoms with Gasteiger partial charge in [0.25, 0.3) is 0 Å². The van der Waals surface area contributed by atoms with Crippen molar-refractivity contribution in [1.29, 1.82) is 0 Å². The Hall–Kier alpha value is -1.13. The van der Waals surface area contributed by atoms with E-state index in [-0.39, 0.29) is 17.9 Å². The van der Waals surface area contributed by atoms with Crippen LogP contribution >= 0.6 is 0 Å². The van der Waals surface area contributed by atoms with Crippen LogP contribution < -0.4 is 5.32 Å². The van der Waals surface area contributed by atoms with E-state index >= 15 is 0 Å². The molecule has 0 radical (unpaired) electrons. The van der Waals surface area contributed by atoms with Gasteiger partial charge in [0.15, 0.2) is 0 Å². The maximum atomic E-state index is 9.77. The number of nitrogens with one attached hydrogen (secondary N) is 1. The number of aliphatic hydroxyl groups excluding tert-OH is 1. The van der Waals surface area contributed by atoms with Crippen LogP contribution in [0.3, 0.4) is 0 Å². The highest BCUT2D eigenvalue weighted by molar-refractivity contribution is 5.17. The number of aliphatic hydroxyl groups is 1. The summed E-state index contributed by atoms with van der Waals surface area (Å²) in [6.07, 6.45) is 5.42. The summed E-state index contributed by atoms with van der Waals surface area (Å²) in [6, 6.07) is 3.60. The zero-order valence-electron chi connectivity index (χ0n) is 9.26. The zero-order valence-corrected chi connectivity index (χ0v) is 9.26. The molecule has 1 aromatic rings. The minimum absolute atomic E-state index is 0.182. The van der Waals surface area contributed by atoms with E-state index in [4.69, 9.17) is 5.11 Å². The van der Waals surface area contributed by atoms with Gasteiger partial charge in [0, 0.05) is 12.6 Å². The Balaban J connectivity index is 1.84. The predicted octanol–water partition coefficient (Wildman–Crippen LogP) is 1.18. The number of nitrogens with zero attached hydrogens (tertiary/aromatic N) is 1. The molecule has 0 spiro atoms. The Kier molecular flexibility index (Phi) is 3.74. The van der Waals surface area contributed by atoms with Gasteiger partial charge in [-0.3, -0.25) is 4.98 Å². The number of aromatic nitrogens is 1. The van der Waals surface area contributed by atoms with E-state index in [1.165, 1.54) is 12.6 Å². The van der Waals surface area contributed by atoms with Crippen molar-refractivity contribution >= 4 is 0 Å². The van der Waals surface area contributed by atoms with Gasteiger partial charge in [-0.15, -0.1) is 0 Å². The number of hydrogen-bond donors (Lipinski definition) is 3. The summed E-state index contributed by atoms with van der Waals surface area (Å²) in [4.78, 5) is 4.09. The Morgan fingerprint density at radius 2 is 2.12 bits per heavy atom. The number of aromatic hydroxyl groups is 1. The van der Waals surface area contributed by atoms with Gasteiger partial charge in [-0.25, -0.2) is 0 Å². The van der Waals surface area contributed by atoms with Crippen LogP contribution in [0.5, 0.6) is 5.75 Å². The number of hydrogen-bond acceptors (Lipinski definition) is 4. The molecule has 2 atom stereocenters. The van der Waals surface area contributed by atoms with Gasteiger partial charge in [-0.2, -0.15) is 0 Å². The third kappa shape index (κ3) is 2.93. The second-order valence-corrected chi connectivity index (χ2v) is 4.35. The molecule has 2 rings (SSSR count). The van der Waals surface area contributed by atoms with Gasteiger partial charge < -0.3 is 15.5 Å². The van der Waals surface area contributed by atoms with Crippen molar-refractivity contribution in [2.45, 2.75) is 44.4 Å². The second-order valence-electron chi connectivity index (χ2n) is 4.35. The van der Waals surface area contributed by atoms with Gasteiger partial charge in [0.2, 0.25) is 0 Å². The molecule has 16 heavy (non-hydrogen) atoms. The first-order valence-electron chi connectivity index (χ1n) is 5.81. The Morgan fingerprint density at radius 1 is 1.31 bits per heavy atom. The quantitative estimate of drug-likeness (QED) is 0.718. The first kappa shape index (κ1) is 11.4. The summed E-state index contributed by atoms with van der Waals surface area (Å²) in [5.74, 6) is 0.182. The van der Waals surface area contributed by atoms with E-state index in [1.54, 1.807) is 12.1 Å². The lowest BCUT2D eigenvalue weighted by Crippen LogP contribution is -2.41. The Labute approximate surface area is 95.3 Å². The number of pyridine rings is 1. The molecule has 1 fully saturated rings. The predicted molar refractivity (Wildman–Crippen MR) is 61.0 cm³/mol. The van der Waals surface area contributed by atoms with Crippen LogP contribution in [0.4, 0.5) is 0 Å².